The van der Waals surface area contributed by atoms with Gasteiger partial charge >= 0.3 is 11.9 Å². The number of hydrogen-bond acceptors (Lipinski definition) is 3. The molecule has 4 heteroatoms. The van der Waals surface area contributed by atoms with Gasteiger partial charge in [0.05, 0.1) is 12.2 Å². The van der Waals surface area contributed by atoms with Gasteiger partial charge < -0.3 is 9.84 Å². The standard InChI is InChI=1S/C8H16O2.C4H6O2/c1-3-5-7(6-4-2)8(9)10;1-3-6-4(2)5/h7H,3-6H2,1-2H3,(H,9,10);3H,1H2,2H3. The van der Waals surface area contributed by atoms with Crippen LogP contribution in [0.5, 0.6) is 0 Å². The fourth-order valence-corrected chi connectivity index (χ4v) is 1.21. The zero-order valence-corrected chi connectivity index (χ0v) is 10.4. The summed E-state index contributed by atoms with van der Waals surface area (Å²) in [6.45, 7) is 8.52. The highest BCUT2D eigenvalue weighted by atomic mass is 16.5. The molecule has 0 amide bonds. The van der Waals surface area contributed by atoms with Gasteiger partial charge in [-0.05, 0) is 12.8 Å². The lowest BCUT2D eigenvalue weighted by atomic mass is 9.99. The number of carbonyl (C=O) groups excluding carboxylic acids is 1. The second-order valence-corrected chi connectivity index (χ2v) is 3.39. The first-order chi connectivity index (χ1) is 7.49. The van der Waals surface area contributed by atoms with Gasteiger partial charge in [-0.1, -0.05) is 33.3 Å². The lowest BCUT2D eigenvalue weighted by Crippen LogP contribution is -2.12. The predicted molar refractivity (Wildman–Crippen MR) is 62.9 cm³/mol. The van der Waals surface area contributed by atoms with Gasteiger partial charge in [0.25, 0.3) is 0 Å². The van der Waals surface area contributed by atoms with Crippen LogP contribution >= 0.6 is 0 Å². The number of carboxylic acid groups (broad SMARTS) is 1. The summed E-state index contributed by atoms with van der Waals surface area (Å²) in [6, 6.07) is 0. The Labute approximate surface area is 97.3 Å². The molecular weight excluding hydrogens is 208 g/mol. The van der Waals surface area contributed by atoms with Crippen molar-refractivity contribution in [2.45, 2.75) is 46.5 Å². The Morgan fingerprint density at radius 1 is 1.31 bits per heavy atom. The van der Waals surface area contributed by atoms with Gasteiger partial charge in [0.15, 0.2) is 0 Å². The molecule has 94 valence electrons. The van der Waals surface area contributed by atoms with E-state index < -0.39 is 5.97 Å². The van der Waals surface area contributed by atoms with Crippen molar-refractivity contribution < 1.29 is 19.4 Å². The molecule has 0 saturated heterocycles. The normalized spacial score (nSPS) is 9.00. The molecular formula is C12H22O4. The average Bonchev–Trinajstić information content (AvgIpc) is 2.18. The van der Waals surface area contributed by atoms with Crippen molar-refractivity contribution >= 4 is 11.9 Å². The number of rotatable bonds is 6. The lowest BCUT2D eigenvalue weighted by molar-refractivity contribution is -0.142. The van der Waals surface area contributed by atoms with E-state index in [0.717, 1.165) is 31.9 Å². The van der Waals surface area contributed by atoms with E-state index in [4.69, 9.17) is 5.11 Å². The molecule has 1 N–H and O–H groups in total. The van der Waals surface area contributed by atoms with Crippen molar-refractivity contribution in [1.82, 2.24) is 0 Å². The van der Waals surface area contributed by atoms with Crippen molar-refractivity contribution in [2.75, 3.05) is 0 Å². The fraction of sp³-hybridized carbons (Fsp3) is 0.667. The minimum atomic E-state index is -0.635. The SMILES string of the molecule is C=COC(C)=O.CCCC(CCC)C(=O)O. The molecule has 0 aliphatic heterocycles. The minimum absolute atomic E-state index is 0.102. The second-order valence-electron chi connectivity index (χ2n) is 3.39. The molecule has 0 heterocycles. The van der Waals surface area contributed by atoms with E-state index in [-0.39, 0.29) is 11.9 Å². The van der Waals surface area contributed by atoms with Crippen LogP contribution in [0.1, 0.15) is 46.5 Å². The van der Waals surface area contributed by atoms with Gasteiger partial charge in [0.2, 0.25) is 0 Å². The smallest absolute Gasteiger partial charge is 0.307 e. The van der Waals surface area contributed by atoms with Gasteiger partial charge in [-0.3, -0.25) is 9.59 Å². The van der Waals surface area contributed by atoms with E-state index in [0.29, 0.717) is 0 Å². The molecule has 0 atom stereocenters. The van der Waals surface area contributed by atoms with Crippen molar-refractivity contribution in [3.8, 4) is 0 Å². The number of hydrogen-bond donors (Lipinski definition) is 1. The molecule has 0 aromatic rings. The Morgan fingerprint density at radius 3 is 1.88 bits per heavy atom. The number of carboxylic acids is 1. The van der Waals surface area contributed by atoms with Crippen LogP contribution in [-0.4, -0.2) is 17.0 Å². The summed E-state index contributed by atoms with van der Waals surface area (Å²) in [7, 11) is 0. The molecule has 0 spiro atoms. The monoisotopic (exact) mass is 230 g/mol. The van der Waals surface area contributed by atoms with Crippen LogP contribution in [0.15, 0.2) is 12.8 Å². The third kappa shape index (κ3) is 12.7. The quantitative estimate of drug-likeness (QED) is 0.562. The van der Waals surface area contributed by atoms with Gasteiger partial charge in [-0.25, -0.2) is 0 Å². The molecule has 0 saturated carbocycles. The minimum Gasteiger partial charge on any atom is -0.481 e. The Bertz CT molecular complexity index is 205. The molecule has 0 aliphatic carbocycles. The van der Waals surface area contributed by atoms with Crippen LogP contribution in [0.25, 0.3) is 0 Å². The zero-order valence-electron chi connectivity index (χ0n) is 10.4. The van der Waals surface area contributed by atoms with E-state index in [2.05, 4.69) is 11.3 Å². The number of aliphatic carboxylic acids is 1. The fourth-order valence-electron chi connectivity index (χ4n) is 1.21. The maximum Gasteiger partial charge on any atom is 0.307 e. The van der Waals surface area contributed by atoms with Crippen molar-refractivity contribution in [2.24, 2.45) is 5.92 Å². The summed E-state index contributed by atoms with van der Waals surface area (Å²) in [5.74, 6) is -1.07. The van der Waals surface area contributed by atoms with Crippen LogP contribution in [0, 0.1) is 5.92 Å². The molecule has 4 nitrogen and oxygen atoms in total. The van der Waals surface area contributed by atoms with Crippen LogP contribution < -0.4 is 0 Å². The molecule has 0 bridgehead atoms. The third-order valence-corrected chi connectivity index (χ3v) is 1.87. The first kappa shape index (κ1) is 17.1. The number of carbonyl (C=O) groups is 2. The Kier molecular flexibility index (Phi) is 12.6. The first-order valence-electron chi connectivity index (χ1n) is 5.50. The Hall–Kier alpha value is -1.32. The largest absolute Gasteiger partial charge is 0.481 e. The number of esters is 1. The highest BCUT2D eigenvalue weighted by molar-refractivity contribution is 5.69. The van der Waals surface area contributed by atoms with Gasteiger partial charge in [-0.2, -0.15) is 0 Å². The Balaban J connectivity index is 0. The molecule has 16 heavy (non-hydrogen) atoms. The van der Waals surface area contributed by atoms with Crippen LogP contribution in [0.4, 0.5) is 0 Å². The molecule has 0 radical (unpaired) electrons. The first-order valence-corrected chi connectivity index (χ1v) is 5.50. The maximum absolute atomic E-state index is 10.5. The highest BCUT2D eigenvalue weighted by Gasteiger charge is 2.13. The van der Waals surface area contributed by atoms with Crippen molar-refractivity contribution in [3.63, 3.8) is 0 Å². The summed E-state index contributed by atoms with van der Waals surface area (Å²) in [6.07, 6.45) is 4.68. The van der Waals surface area contributed by atoms with Crippen molar-refractivity contribution in [1.29, 1.82) is 0 Å². The summed E-state index contributed by atoms with van der Waals surface area (Å²) in [5.41, 5.74) is 0. The summed E-state index contributed by atoms with van der Waals surface area (Å²) >= 11 is 0. The van der Waals surface area contributed by atoms with Crippen molar-refractivity contribution in [3.05, 3.63) is 12.8 Å². The summed E-state index contributed by atoms with van der Waals surface area (Å²) < 4.78 is 4.17. The maximum atomic E-state index is 10.5. The molecule has 0 fully saturated rings. The van der Waals surface area contributed by atoms with E-state index in [1.165, 1.54) is 6.92 Å². The van der Waals surface area contributed by atoms with E-state index in [1.54, 1.807) is 0 Å². The second kappa shape index (κ2) is 11.8. The lowest BCUT2D eigenvalue weighted by Gasteiger charge is -2.07. The van der Waals surface area contributed by atoms with E-state index >= 15 is 0 Å². The molecule has 0 aromatic carbocycles. The molecule has 0 aliphatic rings. The average molecular weight is 230 g/mol. The Morgan fingerprint density at radius 2 is 1.75 bits per heavy atom. The van der Waals surface area contributed by atoms with E-state index in [9.17, 15) is 9.59 Å². The number of ether oxygens (including phenoxy) is 1. The van der Waals surface area contributed by atoms with Crippen LogP contribution in [-0.2, 0) is 14.3 Å². The van der Waals surface area contributed by atoms with Gasteiger partial charge in [-0.15, -0.1) is 0 Å². The van der Waals surface area contributed by atoms with Gasteiger partial charge in [0.1, 0.15) is 0 Å². The zero-order chi connectivity index (χ0) is 13.0. The third-order valence-electron chi connectivity index (χ3n) is 1.87. The predicted octanol–water partition coefficient (Wildman–Crippen LogP) is 2.98. The van der Waals surface area contributed by atoms with E-state index in [1.807, 2.05) is 13.8 Å². The van der Waals surface area contributed by atoms with Crippen LogP contribution in [0.3, 0.4) is 0 Å². The molecule has 0 rings (SSSR count). The molecule has 0 aromatic heterocycles. The van der Waals surface area contributed by atoms with Gasteiger partial charge in [0, 0.05) is 6.92 Å². The summed E-state index contributed by atoms with van der Waals surface area (Å²) in [5, 5.41) is 8.64. The highest BCUT2D eigenvalue weighted by Crippen LogP contribution is 2.12. The summed E-state index contributed by atoms with van der Waals surface area (Å²) in [4.78, 5) is 20.2. The van der Waals surface area contributed by atoms with Crippen LogP contribution in [0.2, 0.25) is 0 Å². The topological polar surface area (TPSA) is 63.6 Å². The molecule has 0 unspecified atom stereocenters.